The third-order valence-electron chi connectivity index (χ3n) is 1.33. The minimum absolute atomic E-state index is 0.269. The standard InChI is InChI=1S/C5H8N2O2S/c1-3-4(2)6-10(9)7-5(3)8/h6H,1-2H3,(H,7,8). The van der Waals surface area contributed by atoms with Gasteiger partial charge in [0.1, 0.15) is 0 Å². The normalized spacial score (nSPS) is 25.8. The van der Waals surface area contributed by atoms with Crippen LogP contribution < -0.4 is 9.44 Å². The molecule has 0 saturated carbocycles. The van der Waals surface area contributed by atoms with Crippen molar-refractivity contribution < 1.29 is 9.00 Å². The van der Waals surface area contributed by atoms with E-state index >= 15 is 0 Å². The molecule has 1 unspecified atom stereocenters. The van der Waals surface area contributed by atoms with Crippen LogP contribution >= 0.6 is 0 Å². The molecule has 1 heterocycles. The van der Waals surface area contributed by atoms with E-state index in [-0.39, 0.29) is 5.91 Å². The van der Waals surface area contributed by atoms with Crippen LogP contribution in [0.1, 0.15) is 13.8 Å². The van der Waals surface area contributed by atoms with E-state index in [0.717, 1.165) is 0 Å². The van der Waals surface area contributed by atoms with Crippen LogP contribution in [0.25, 0.3) is 0 Å². The number of hydrogen-bond acceptors (Lipinski definition) is 2. The maximum atomic E-state index is 10.8. The van der Waals surface area contributed by atoms with Crippen molar-refractivity contribution >= 4 is 17.1 Å². The third-order valence-corrected chi connectivity index (χ3v) is 2.20. The molecule has 1 aliphatic rings. The summed E-state index contributed by atoms with van der Waals surface area (Å²) in [5, 5.41) is 0. The van der Waals surface area contributed by atoms with Gasteiger partial charge in [-0.25, -0.2) is 4.21 Å². The minimum atomic E-state index is -1.43. The fourth-order valence-corrected chi connectivity index (χ4v) is 1.38. The van der Waals surface area contributed by atoms with Gasteiger partial charge in [-0.15, -0.1) is 0 Å². The Kier molecular flexibility index (Phi) is 1.76. The summed E-state index contributed by atoms with van der Waals surface area (Å²) in [5.74, 6) is -0.269. The molecule has 0 aromatic heterocycles. The van der Waals surface area contributed by atoms with E-state index in [1.807, 2.05) is 0 Å². The highest BCUT2D eigenvalue weighted by atomic mass is 32.2. The molecule has 56 valence electrons. The van der Waals surface area contributed by atoms with Crippen LogP contribution in [-0.4, -0.2) is 10.1 Å². The van der Waals surface area contributed by atoms with Crippen LogP contribution in [-0.2, 0) is 16.0 Å². The van der Waals surface area contributed by atoms with Crippen LogP contribution in [0.4, 0.5) is 0 Å². The van der Waals surface area contributed by atoms with Gasteiger partial charge < -0.3 is 0 Å². The Labute approximate surface area is 61.4 Å². The second-order valence-corrected chi connectivity index (χ2v) is 3.00. The van der Waals surface area contributed by atoms with Crippen LogP contribution in [0.5, 0.6) is 0 Å². The first-order valence-corrected chi connectivity index (χ1v) is 3.93. The van der Waals surface area contributed by atoms with E-state index in [4.69, 9.17) is 0 Å². The van der Waals surface area contributed by atoms with Gasteiger partial charge in [-0.1, -0.05) is 0 Å². The molecule has 0 radical (unpaired) electrons. The number of allylic oxidation sites excluding steroid dienone is 1. The molecule has 1 aliphatic heterocycles. The Bertz CT molecular complexity index is 234. The SMILES string of the molecule is CC1=C(C)C(=O)NS(=O)N1. The summed E-state index contributed by atoms with van der Waals surface area (Å²) in [7, 11) is 0. The fraction of sp³-hybridized carbons (Fsp3) is 0.400. The number of carbonyl (C=O) groups is 1. The number of rotatable bonds is 0. The molecule has 4 nitrogen and oxygen atoms in total. The minimum Gasteiger partial charge on any atom is -0.291 e. The van der Waals surface area contributed by atoms with Crippen LogP contribution in [0, 0.1) is 0 Å². The van der Waals surface area contributed by atoms with E-state index in [0.29, 0.717) is 11.3 Å². The number of amides is 1. The highest BCUT2D eigenvalue weighted by molar-refractivity contribution is 7.81. The van der Waals surface area contributed by atoms with Gasteiger partial charge in [0, 0.05) is 11.3 Å². The molecule has 0 bridgehead atoms. The lowest BCUT2D eigenvalue weighted by atomic mass is 10.2. The lowest BCUT2D eigenvalue weighted by Gasteiger charge is -2.15. The summed E-state index contributed by atoms with van der Waals surface area (Å²) in [5.41, 5.74) is 1.25. The summed E-state index contributed by atoms with van der Waals surface area (Å²) in [4.78, 5) is 10.8. The second-order valence-electron chi connectivity index (χ2n) is 2.05. The van der Waals surface area contributed by atoms with Crippen molar-refractivity contribution in [3.8, 4) is 0 Å². The molecule has 1 amide bonds. The van der Waals surface area contributed by atoms with Gasteiger partial charge >= 0.3 is 0 Å². The zero-order valence-electron chi connectivity index (χ0n) is 5.72. The first kappa shape index (κ1) is 7.27. The second kappa shape index (κ2) is 2.42. The van der Waals surface area contributed by atoms with Crippen molar-refractivity contribution in [2.75, 3.05) is 0 Å². The molecule has 2 N–H and O–H groups in total. The number of carbonyl (C=O) groups excluding carboxylic acids is 1. The maximum Gasteiger partial charge on any atom is 0.261 e. The topological polar surface area (TPSA) is 58.2 Å². The zero-order chi connectivity index (χ0) is 7.72. The molecule has 0 fully saturated rings. The Balaban J connectivity index is 2.95. The monoisotopic (exact) mass is 160 g/mol. The summed E-state index contributed by atoms with van der Waals surface area (Å²) >= 11 is -1.43. The van der Waals surface area contributed by atoms with Crippen LogP contribution in [0.2, 0.25) is 0 Å². The van der Waals surface area contributed by atoms with Gasteiger partial charge in [-0.2, -0.15) is 0 Å². The molecule has 0 aliphatic carbocycles. The van der Waals surface area contributed by atoms with E-state index in [1.54, 1.807) is 13.8 Å². The zero-order valence-corrected chi connectivity index (χ0v) is 6.54. The van der Waals surface area contributed by atoms with E-state index in [2.05, 4.69) is 9.44 Å². The van der Waals surface area contributed by atoms with Crippen molar-refractivity contribution in [2.24, 2.45) is 0 Å². The van der Waals surface area contributed by atoms with Gasteiger partial charge in [-0.3, -0.25) is 14.2 Å². The van der Waals surface area contributed by atoms with Gasteiger partial charge in [-0.05, 0) is 13.8 Å². The average molecular weight is 160 g/mol. The van der Waals surface area contributed by atoms with E-state index < -0.39 is 11.2 Å². The molecule has 10 heavy (non-hydrogen) atoms. The molecule has 1 atom stereocenters. The van der Waals surface area contributed by atoms with Crippen molar-refractivity contribution in [1.29, 1.82) is 0 Å². The summed E-state index contributed by atoms with van der Waals surface area (Å²) in [6.45, 7) is 3.39. The molecule has 0 aromatic rings. The molecular weight excluding hydrogens is 152 g/mol. The Morgan fingerprint density at radius 2 is 1.90 bits per heavy atom. The van der Waals surface area contributed by atoms with Gasteiger partial charge in [0.25, 0.3) is 5.91 Å². The molecule has 1 rings (SSSR count). The molecular formula is C5H8N2O2S. The molecule has 0 spiro atoms. The molecule has 0 aromatic carbocycles. The molecule has 0 saturated heterocycles. The summed E-state index contributed by atoms with van der Waals surface area (Å²) < 4.78 is 15.5. The predicted molar refractivity (Wildman–Crippen MR) is 37.8 cm³/mol. The van der Waals surface area contributed by atoms with Gasteiger partial charge in [0.15, 0.2) is 0 Å². The van der Waals surface area contributed by atoms with Crippen LogP contribution in [0.3, 0.4) is 0 Å². The Hall–Kier alpha value is -0.840. The van der Waals surface area contributed by atoms with Crippen molar-refractivity contribution in [2.45, 2.75) is 13.8 Å². The number of hydrogen-bond donors (Lipinski definition) is 2. The van der Waals surface area contributed by atoms with Gasteiger partial charge in [0.2, 0.25) is 11.2 Å². The Morgan fingerprint density at radius 3 is 2.40 bits per heavy atom. The summed E-state index contributed by atoms with van der Waals surface area (Å²) in [6, 6.07) is 0. The highest BCUT2D eigenvalue weighted by Crippen LogP contribution is 2.04. The van der Waals surface area contributed by atoms with Crippen molar-refractivity contribution in [1.82, 2.24) is 9.44 Å². The lowest BCUT2D eigenvalue weighted by molar-refractivity contribution is -0.115. The third kappa shape index (κ3) is 1.18. The van der Waals surface area contributed by atoms with Crippen molar-refractivity contribution in [3.05, 3.63) is 11.3 Å². The Morgan fingerprint density at radius 1 is 1.30 bits per heavy atom. The van der Waals surface area contributed by atoms with Crippen molar-refractivity contribution in [3.63, 3.8) is 0 Å². The highest BCUT2D eigenvalue weighted by Gasteiger charge is 2.16. The maximum absolute atomic E-state index is 10.8. The number of nitrogens with one attached hydrogen (secondary N) is 2. The molecule has 5 heteroatoms. The average Bonchev–Trinajstić information content (AvgIpc) is 1.82. The summed E-state index contributed by atoms with van der Waals surface area (Å²) in [6.07, 6.45) is 0. The lowest BCUT2D eigenvalue weighted by Crippen LogP contribution is -2.40. The van der Waals surface area contributed by atoms with E-state index in [1.165, 1.54) is 0 Å². The largest absolute Gasteiger partial charge is 0.291 e. The predicted octanol–water partition coefficient (Wildman–Crippen LogP) is -0.422. The van der Waals surface area contributed by atoms with Crippen LogP contribution in [0.15, 0.2) is 11.3 Å². The fourth-order valence-electron chi connectivity index (χ4n) is 0.572. The first-order chi connectivity index (χ1) is 4.61. The quantitative estimate of drug-likeness (QED) is 0.505. The smallest absolute Gasteiger partial charge is 0.261 e. The van der Waals surface area contributed by atoms with Gasteiger partial charge in [0.05, 0.1) is 0 Å². The first-order valence-electron chi connectivity index (χ1n) is 2.78. The van der Waals surface area contributed by atoms with E-state index in [9.17, 15) is 9.00 Å².